The van der Waals surface area contributed by atoms with E-state index in [0.717, 1.165) is 17.0 Å². The fourth-order valence-electron chi connectivity index (χ4n) is 3.15. The molecule has 0 spiro atoms. The van der Waals surface area contributed by atoms with Gasteiger partial charge in [0.15, 0.2) is 0 Å². The second-order valence-corrected chi connectivity index (χ2v) is 6.19. The van der Waals surface area contributed by atoms with Crippen LogP contribution in [0.1, 0.15) is 48.6 Å². The summed E-state index contributed by atoms with van der Waals surface area (Å²) in [6, 6.07) is 2.33. The molecule has 0 aromatic carbocycles. The van der Waals surface area contributed by atoms with Gasteiger partial charge in [-0.1, -0.05) is 0 Å². The van der Waals surface area contributed by atoms with Gasteiger partial charge in [-0.05, 0) is 40.7 Å². The predicted octanol–water partition coefficient (Wildman–Crippen LogP) is 1.91. The summed E-state index contributed by atoms with van der Waals surface area (Å²) in [6.45, 7) is 11.1. The summed E-state index contributed by atoms with van der Waals surface area (Å²) >= 11 is 0. The Kier molecular flexibility index (Phi) is 4.74. The molecule has 1 fully saturated rings. The minimum absolute atomic E-state index is 0.0300. The highest BCUT2D eigenvalue weighted by Gasteiger charge is 2.31. The Hall–Kier alpha value is -1.33. The molecule has 0 bridgehead atoms. The number of aromatic nitrogens is 1. The molecule has 2 unspecified atom stereocenters. The fraction of sp³-hybridized carbons (Fsp3) is 0.688. The molecule has 5 nitrogen and oxygen atoms in total. The van der Waals surface area contributed by atoms with Crippen LogP contribution < -0.4 is 0 Å². The molecule has 1 aromatic rings. The number of carbonyl (C=O) groups excluding carboxylic acids is 1. The van der Waals surface area contributed by atoms with Crippen LogP contribution in [0.25, 0.3) is 0 Å². The molecule has 0 aliphatic carbocycles. The first-order valence-electron chi connectivity index (χ1n) is 7.58. The molecule has 0 saturated carbocycles. The Morgan fingerprint density at radius 2 is 2.14 bits per heavy atom. The lowest BCUT2D eigenvalue weighted by atomic mass is 10.1. The van der Waals surface area contributed by atoms with Crippen LogP contribution in [0.3, 0.4) is 0 Å². The van der Waals surface area contributed by atoms with Crippen LogP contribution in [0.2, 0.25) is 0 Å². The second-order valence-electron chi connectivity index (χ2n) is 6.19. The molecule has 1 saturated heterocycles. The van der Waals surface area contributed by atoms with Crippen molar-refractivity contribution >= 4 is 5.91 Å². The van der Waals surface area contributed by atoms with Gasteiger partial charge in [0.2, 0.25) is 0 Å². The smallest absolute Gasteiger partial charge is 0.256 e. The number of hydrogen-bond donors (Lipinski definition) is 1. The second kappa shape index (κ2) is 6.20. The van der Waals surface area contributed by atoms with Crippen LogP contribution in [0.15, 0.2) is 6.07 Å². The normalized spacial score (nSPS) is 22.9. The van der Waals surface area contributed by atoms with Gasteiger partial charge in [0.25, 0.3) is 5.91 Å². The summed E-state index contributed by atoms with van der Waals surface area (Å²) in [4.78, 5) is 14.7. The van der Waals surface area contributed by atoms with E-state index in [0.29, 0.717) is 19.2 Å². The molecule has 2 rings (SSSR count). The molecule has 21 heavy (non-hydrogen) atoms. The van der Waals surface area contributed by atoms with Gasteiger partial charge in [0.1, 0.15) is 0 Å². The molecular formula is C16H26N2O3. The number of aliphatic hydroxyl groups excluding tert-OH is 1. The van der Waals surface area contributed by atoms with Crippen molar-refractivity contribution in [2.75, 3.05) is 19.8 Å². The van der Waals surface area contributed by atoms with Crippen LogP contribution in [-0.2, 0) is 4.74 Å². The molecule has 1 aromatic heterocycles. The summed E-state index contributed by atoms with van der Waals surface area (Å²) in [7, 11) is 0. The van der Waals surface area contributed by atoms with E-state index in [2.05, 4.69) is 18.4 Å². The van der Waals surface area contributed by atoms with E-state index >= 15 is 0 Å². The Morgan fingerprint density at radius 1 is 1.48 bits per heavy atom. The first-order valence-corrected chi connectivity index (χ1v) is 7.58. The molecule has 1 aliphatic rings. The molecule has 1 N–H and O–H groups in total. The Balaban J connectivity index is 2.29. The molecule has 2 atom stereocenters. The number of ether oxygens (including phenoxy) is 1. The highest BCUT2D eigenvalue weighted by atomic mass is 16.5. The Bertz CT molecular complexity index is 522. The molecule has 0 radical (unpaired) electrons. The van der Waals surface area contributed by atoms with E-state index in [1.807, 2.05) is 31.7 Å². The Labute approximate surface area is 126 Å². The van der Waals surface area contributed by atoms with Crippen LogP contribution in [-0.4, -0.2) is 52.4 Å². The summed E-state index contributed by atoms with van der Waals surface area (Å²) in [5, 5.41) is 9.26. The lowest BCUT2D eigenvalue weighted by Crippen LogP contribution is -2.52. The molecule has 5 heteroatoms. The summed E-state index contributed by atoms with van der Waals surface area (Å²) in [5.41, 5.74) is 2.86. The zero-order chi connectivity index (χ0) is 15.7. The topological polar surface area (TPSA) is 54.7 Å². The van der Waals surface area contributed by atoms with Gasteiger partial charge in [-0.2, -0.15) is 0 Å². The molecule has 1 amide bonds. The van der Waals surface area contributed by atoms with Crippen molar-refractivity contribution in [3.63, 3.8) is 0 Å². The standard InChI is InChI=1S/C16H26N2O3/c1-10(2)18-11(3)6-15(13(18)5)16(20)17-7-14(8-19)21-9-12(17)4/h6,10,12,14,19H,7-9H2,1-5H3. The summed E-state index contributed by atoms with van der Waals surface area (Å²) in [6.07, 6.45) is -0.279. The van der Waals surface area contributed by atoms with Crippen LogP contribution in [0.5, 0.6) is 0 Å². The van der Waals surface area contributed by atoms with Gasteiger partial charge >= 0.3 is 0 Å². The highest BCUT2D eigenvalue weighted by molar-refractivity contribution is 5.96. The lowest BCUT2D eigenvalue weighted by molar-refractivity contribution is -0.0667. The Morgan fingerprint density at radius 3 is 2.67 bits per heavy atom. The van der Waals surface area contributed by atoms with E-state index in [-0.39, 0.29) is 24.7 Å². The van der Waals surface area contributed by atoms with Gasteiger partial charge < -0.3 is 19.3 Å². The van der Waals surface area contributed by atoms with Crippen molar-refractivity contribution in [3.8, 4) is 0 Å². The van der Waals surface area contributed by atoms with Crippen LogP contribution >= 0.6 is 0 Å². The number of amides is 1. The zero-order valence-electron chi connectivity index (χ0n) is 13.6. The largest absolute Gasteiger partial charge is 0.394 e. The third kappa shape index (κ3) is 2.99. The van der Waals surface area contributed by atoms with Crippen molar-refractivity contribution in [3.05, 3.63) is 23.0 Å². The minimum atomic E-state index is -0.279. The quantitative estimate of drug-likeness (QED) is 0.926. The third-order valence-corrected chi connectivity index (χ3v) is 4.20. The number of nitrogens with zero attached hydrogens (tertiary/aromatic N) is 2. The van der Waals surface area contributed by atoms with Crippen molar-refractivity contribution in [2.24, 2.45) is 0 Å². The zero-order valence-corrected chi connectivity index (χ0v) is 13.6. The average Bonchev–Trinajstić information content (AvgIpc) is 2.73. The highest BCUT2D eigenvalue weighted by Crippen LogP contribution is 2.23. The lowest BCUT2D eigenvalue weighted by Gasteiger charge is -2.37. The molecule has 2 heterocycles. The fourth-order valence-corrected chi connectivity index (χ4v) is 3.15. The van der Waals surface area contributed by atoms with E-state index < -0.39 is 0 Å². The van der Waals surface area contributed by atoms with Crippen LogP contribution in [0, 0.1) is 13.8 Å². The predicted molar refractivity (Wildman–Crippen MR) is 81.6 cm³/mol. The van der Waals surface area contributed by atoms with Gasteiger partial charge in [0.05, 0.1) is 30.9 Å². The van der Waals surface area contributed by atoms with Gasteiger partial charge in [-0.3, -0.25) is 4.79 Å². The van der Waals surface area contributed by atoms with Gasteiger partial charge in [-0.25, -0.2) is 0 Å². The monoisotopic (exact) mass is 294 g/mol. The van der Waals surface area contributed by atoms with E-state index in [1.165, 1.54) is 0 Å². The number of aryl methyl sites for hydroxylation is 1. The van der Waals surface area contributed by atoms with E-state index in [4.69, 9.17) is 4.74 Å². The number of carbonyl (C=O) groups is 1. The van der Waals surface area contributed by atoms with Crippen molar-refractivity contribution < 1.29 is 14.6 Å². The maximum atomic E-state index is 12.9. The molecule has 1 aliphatic heterocycles. The van der Waals surface area contributed by atoms with E-state index in [1.54, 1.807) is 0 Å². The van der Waals surface area contributed by atoms with Gasteiger partial charge in [-0.15, -0.1) is 0 Å². The van der Waals surface area contributed by atoms with E-state index in [9.17, 15) is 9.90 Å². The SMILES string of the molecule is Cc1cc(C(=O)N2CC(CO)OCC2C)c(C)n1C(C)C. The first-order chi connectivity index (χ1) is 9.86. The van der Waals surface area contributed by atoms with Crippen molar-refractivity contribution in [1.29, 1.82) is 0 Å². The molecule has 118 valence electrons. The third-order valence-electron chi connectivity index (χ3n) is 4.20. The maximum Gasteiger partial charge on any atom is 0.256 e. The number of aliphatic hydroxyl groups is 1. The minimum Gasteiger partial charge on any atom is -0.394 e. The number of rotatable bonds is 3. The number of morpholine rings is 1. The van der Waals surface area contributed by atoms with Crippen LogP contribution in [0.4, 0.5) is 0 Å². The summed E-state index contributed by atoms with van der Waals surface area (Å²) < 4.78 is 7.69. The maximum absolute atomic E-state index is 12.9. The number of hydrogen-bond acceptors (Lipinski definition) is 3. The first kappa shape index (κ1) is 16.0. The average molecular weight is 294 g/mol. The van der Waals surface area contributed by atoms with Crippen molar-refractivity contribution in [1.82, 2.24) is 9.47 Å². The molecular weight excluding hydrogens is 268 g/mol. The van der Waals surface area contributed by atoms with Gasteiger partial charge in [0, 0.05) is 24.0 Å². The summed E-state index contributed by atoms with van der Waals surface area (Å²) in [5.74, 6) is 0.0317. The van der Waals surface area contributed by atoms with Crippen molar-refractivity contribution in [2.45, 2.75) is 52.8 Å².